The summed E-state index contributed by atoms with van der Waals surface area (Å²) in [4.78, 5) is 62.4. The van der Waals surface area contributed by atoms with Gasteiger partial charge in [0.15, 0.2) is 5.78 Å². The highest BCUT2D eigenvalue weighted by Gasteiger charge is 2.72. The maximum Gasteiger partial charge on any atom is 0.328 e. The molecule has 0 radical (unpaired) electrons. The Morgan fingerprint density at radius 2 is 1.58 bits per heavy atom. The first-order valence-electron chi connectivity index (χ1n) is 18.3. The predicted molar refractivity (Wildman–Crippen MR) is 182 cm³/mol. The number of Topliss-reactive ketones (excluding diaryl/α,β-unsaturated/α-hetero) is 1. The highest BCUT2D eigenvalue weighted by molar-refractivity contribution is 5.87. The zero-order chi connectivity index (χ0) is 36.3. The van der Waals surface area contributed by atoms with E-state index in [1.165, 1.54) is 19.4 Å². The van der Waals surface area contributed by atoms with Gasteiger partial charge in [0, 0.05) is 30.4 Å². The Morgan fingerprint density at radius 3 is 2.16 bits per heavy atom. The second-order valence-corrected chi connectivity index (χ2v) is 15.8. The first kappa shape index (κ1) is 38.4. The van der Waals surface area contributed by atoms with E-state index in [1.54, 1.807) is 7.11 Å². The third kappa shape index (κ3) is 8.26. The molecule has 4 aliphatic carbocycles. The summed E-state index contributed by atoms with van der Waals surface area (Å²) in [5.74, 6) is -1.22. The molecule has 6 aliphatic rings. The minimum Gasteiger partial charge on any atom is -0.464 e. The molecule has 3 N–H and O–H groups in total. The normalized spacial score (nSPS) is 35.8. The predicted octanol–water partition coefficient (Wildman–Crippen LogP) is 2.68. The molecule has 50 heavy (non-hydrogen) atoms. The van der Waals surface area contributed by atoms with Crippen LogP contribution in [-0.4, -0.2) is 105 Å². The van der Waals surface area contributed by atoms with E-state index < -0.39 is 28.7 Å². The van der Waals surface area contributed by atoms with Crippen molar-refractivity contribution in [1.29, 1.82) is 0 Å². The van der Waals surface area contributed by atoms with Crippen LogP contribution in [0.4, 0.5) is 0 Å². The number of allylic oxidation sites excluding steroid dienone is 1. The Labute approximate surface area is 295 Å². The van der Waals surface area contributed by atoms with Crippen molar-refractivity contribution in [2.24, 2.45) is 16.7 Å². The molecule has 2 aliphatic heterocycles. The number of carbonyl (C=O) groups excluding carboxylic acids is 5. The fourth-order valence-corrected chi connectivity index (χ4v) is 8.72. The Morgan fingerprint density at radius 1 is 0.940 bits per heavy atom. The monoisotopic (exact) mass is 703 g/mol. The third-order valence-electron chi connectivity index (χ3n) is 11.9. The largest absolute Gasteiger partial charge is 0.464 e. The molecule has 6 fully saturated rings. The minimum absolute atomic E-state index is 0.00614. The number of methoxy groups -OCH3 is 1. The van der Waals surface area contributed by atoms with Crippen LogP contribution in [0.25, 0.3) is 0 Å². The Hall–Kier alpha value is -2.87. The lowest BCUT2D eigenvalue weighted by Crippen LogP contribution is -2.62. The van der Waals surface area contributed by atoms with E-state index in [0.717, 1.165) is 19.3 Å². The average molecular weight is 704 g/mol. The van der Waals surface area contributed by atoms with Crippen molar-refractivity contribution in [1.82, 2.24) is 16.0 Å². The molecule has 2 bridgehead atoms. The molecule has 1 unspecified atom stereocenters. The van der Waals surface area contributed by atoms with E-state index in [2.05, 4.69) is 42.8 Å². The molecule has 3 amide bonds. The van der Waals surface area contributed by atoms with Crippen LogP contribution >= 0.6 is 0 Å². The molecule has 2 saturated heterocycles. The molecule has 4 saturated carbocycles. The first-order chi connectivity index (χ1) is 23.7. The highest BCUT2D eigenvalue weighted by Crippen LogP contribution is 2.60. The van der Waals surface area contributed by atoms with Crippen molar-refractivity contribution < 1.29 is 47.7 Å². The smallest absolute Gasteiger partial charge is 0.328 e. The number of ketones is 1. The highest BCUT2D eigenvalue weighted by atomic mass is 16.6. The molecule has 0 aromatic carbocycles. The topological polar surface area (TPSA) is 174 Å². The van der Waals surface area contributed by atoms with Crippen molar-refractivity contribution in [2.75, 3.05) is 40.1 Å². The van der Waals surface area contributed by atoms with Crippen molar-refractivity contribution in [3.8, 4) is 0 Å². The van der Waals surface area contributed by atoms with Gasteiger partial charge in [0.25, 0.3) is 0 Å². The van der Waals surface area contributed by atoms with Crippen LogP contribution in [0.2, 0.25) is 0 Å². The Kier molecular flexibility index (Phi) is 11.8. The number of esters is 1. The van der Waals surface area contributed by atoms with Gasteiger partial charge >= 0.3 is 5.97 Å². The third-order valence-corrected chi connectivity index (χ3v) is 11.9. The van der Waals surface area contributed by atoms with Crippen LogP contribution in [-0.2, 0) is 47.7 Å². The zero-order valence-corrected chi connectivity index (χ0v) is 30.7. The van der Waals surface area contributed by atoms with E-state index in [-0.39, 0.29) is 72.8 Å². The number of amides is 3. The van der Waals surface area contributed by atoms with Crippen LogP contribution in [0.3, 0.4) is 0 Å². The number of hydrogen-bond acceptors (Lipinski definition) is 10. The van der Waals surface area contributed by atoms with E-state index in [1.807, 2.05) is 0 Å². The molecular formula is C37H57N3O10. The number of epoxide rings is 2. The van der Waals surface area contributed by atoms with E-state index in [0.29, 0.717) is 58.1 Å². The molecular weight excluding hydrogens is 646 g/mol. The fourth-order valence-electron chi connectivity index (χ4n) is 8.72. The van der Waals surface area contributed by atoms with E-state index in [4.69, 9.17) is 23.7 Å². The van der Waals surface area contributed by atoms with Crippen molar-refractivity contribution in [3.05, 3.63) is 11.6 Å². The molecule has 13 heteroatoms. The SMILES string of the molecule is CO[C@H]1[C@H](C2(C)O[C@@H]2CC=C(C)C)[C@]2(CC[C@H]1NC(=O)C13CCC(C(=O)NCCCOC(=O)[C@H](C)NC(=O)COCC(C)=O)(CC1)CC3)CO2. The molecule has 1 spiro atoms. The van der Waals surface area contributed by atoms with Gasteiger partial charge < -0.3 is 39.6 Å². The number of rotatable bonds is 17. The van der Waals surface area contributed by atoms with Gasteiger partial charge in [-0.05, 0) is 98.8 Å². The Balaban J connectivity index is 1.05. The van der Waals surface area contributed by atoms with Gasteiger partial charge in [-0.25, -0.2) is 4.79 Å². The summed E-state index contributed by atoms with van der Waals surface area (Å²) in [6.07, 6.45) is 9.01. The van der Waals surface area contributed by atoms with Crippen LogP contribution < -0.4 is 16.0 Å². The maximum absolute atomic E-state index is 14.0. The number of carbonyl (C=O) groups is 5. The van der Waals surface area contributed by atoms with Crippen LogP contribution in [0.1, 0.15) is 98.8 Å². The molecule has 13 nitrogen and oxygen atoms in total. The summed E-state index contributed by atoms with van der Waals surface area (Å²) in [7, 11) is 1.73. The number of fused-ring (bicyclic) bond motifs is 3. The quantitative estimate of drug-likeness (QED) is 0.0885. The summed E-state index contributed by atoms with van der Waals surface area (Å²) in [6, 6.07) is -1.01. The first-order valence-corrected chi connectivity index (χ1v) is 18.3. The molecule has 7 atom stereocenters. The lowest BCUT2D eigenvalue weighted by molar-refractivity contribution is -0.153. The molecule has 2 heterocycles. The van der Waals surface area contributed by atoms with Gasteiger partial charge in [-0.3, -0.25) is 19.2 Å². The maximum atomic E-state index is 14.0. The van der Waals surface area contributed by atoms with Gasteiger partial charge in [0.2, 0.25) is 17.7 Å². The van der Waals surface area contributed by atoms with Crippen LogP contribution in [0, 0.1) is 16.7 Å². The molecule has 0 aromatic rings. The zero-order valence-electron chi connectivity index (χ0n) is 30.7. The van der Waals surface area contributed by atoms with Crippen LogP contribution in [0.15, 0.2) is 11.6 Å². The second-order valence-electron chi connectivity index (χ2n) is 15.8. The molecule has 0 aromatic heterocycles. The molecule has 280 valence electrons. The number of hydrogen-bond donors (Lipinski definition) is 3. The number of nitrogens with one attached hydrogen (secondary N) is 3. The van der Waals surface area contributed by atoms with Gasteiger partial charge in [0.1, 0.15) is 24.9 Å². The molecule has 6 rings (SSSR count). The van der Waals surface area contributed by atoms with Gasteiger partial charge in [-0.2, -0.15) is 0 Å². The average Bonchev–Trinajstić information content (AvgIpc) is 4.01. The standard InChI is InChI=1S/C37H57N3O10/c1-23(2)8-9-27-34(5,50-27)30-29(46-6)26(10-11-37(30)22-49-37)40-33(45)36-15-12-35(13-16-36,14-17-36)32(44)38-18-7-19-48-31(43)25(4)39-28(42)21-47-20-24(3)41/h8,25-27,29-30H,7,9-22H2,1-6H3,(H,38,44)(H,39,42)(H,40,45)/t25-,26+,27+,29+,30+,34?,35?,36?,37-/m0/s1. The van der Waals surface area contributed by atoms with Gasteiger partial charge in [-0.15, -0.1) is 0 Å². The summed E-state index contributed by atoms with van der Waals surface area (Å²) in [5, 5.41) is 8.92. The second kappa shape index (κ2) is 15.4. The van der Waals surface area contributed by atoms with E-state index in [9.17, 15) is 24.0 Å². The lowest BCUT2D eigenvalue weighted by Gasteiger charge is -2.52. The van der Waals surface area contributed by atoms with E-state index >= 15 is 0 Å². The summed E-state index contributed by atoms with van der Waals surface area (Å²) in [6.45, 7) is 9.86. The van der Waals surface area contributed by atoms with Gasteiger partial charge in [-0.1, -0.05) is 11.6 Å². The lowest BCUT2D eigenvalue weighted by atomic mass is 9.53. The summed E-state index contributed by atoms with van der Waals surface area (Å²) >= 11 is 0. The number of ether oxygens (including phenoxy) is 5. The van der Waals surface area contributed by atoms with Gasteiger partial charge in [0.05, 0.1) is 37.1 Å². The summed E-state index contributed by atoms with van der Waals surface area (Å²) < 4.78 is 28.8. The van der Waals surface area contributed by atoms with Crippen molar-refractivity contribution in [3.63, 3.8) is 0 Å². The fraction of sp³-hybridized carbons (Fsp3) is 0.811. The summed E-state index contributed by atoms with van der Waals surface area (Å²) in [5.41, 5.74) is -0.308. The minimum atomic E-state index is -0.872. The van der Waals surface area contributed by atoms with Crippen molar-refractivity contribution >= 4 is 29.5 Å². The van der Waals surface area contributed by atoms with Crippen molar-refractivity contribution in [2.45, 2.75) is 134 Å². The van der Waals surface area contributed by atoms with Crippen LogP contribution in [0.5, 0.6) is 0 Å². The Bertz CT molecular complexity index is 1320.